The van der Waals surface area contributed by atoms with Crippen LogP contribution >= 0.6 is 12.6 Å². The van der Waals surface area contributed by atoms with Crippen molar-refractivity contribution in [3.8, 4) is 0 Å². The Hall–Kier alpha value is -0.850. The molecule has 1 atom stereocenters. The van der Waals surface area contributed by atoms with Crippen molar-refractivity contribution in [1.29, 1.82) is 0 Å². The number of carbonyl (C=O) groups excluding carboxylic acids is 1. The van der Waals surface area contributed by atoms with Gasteiger partial charge in [0.25, 0.3) is 10.1 Å². The van der Waals surface area contributed by atoms with Gasteiger partial charge in [0.15, 0.2) is 0 Å². The second kappa shape index (κ2) is 10.2. The average Bonchev–Trinajstić information content (AvgIpc) is 2.55. The van der Waals surface area contributed by atoms with Crippen LogP contribution in [-0.2, 0) is 14.9 Å². The largest absolute Gasteiger partial charge is 0.298 e. The van der Waals surface area contributed by atoms with Crippen molar-refractivity contribution in [1.82, 2.24) is 0 Å². The summed E-state index contributed by atoms with van der Waals surface area (Å²) < 4.78 is 29.6. The molecule has 0 aromatic heterocycles. The van der Waals surface area contributed by atoms with Crippen LogP contribution in [0, 0.1) is 12.8 Å². The predicted octanol–water partition coefficient (Wildman–Crippen LogP) is 4.48. The lowest BCUT2D eigenvalue weighted by Crippen LogP contribution is -2.19. The standard InChI is InChI=1S/C11H20OS.C7H8O3S/c1-2-10(12)11(13)8-9-6-4-3-5-7-9;1-6-2-4-7(5-3-6)11(8,9)10/h9,11,13H,2-8H2,1H3;2-5H,1H3,(H,8,9,10). The zero-order chi connectivity index (χ0) is 18.2. The second-order valence-corrected chi connectivity index (χ2v) is 8.41. The first kappa shape index (κ1) is 21.2. The SMILES string of the molecule is CCC(=O)C(S)CC1CCCCC1.Cc1ccc(S(=O)(=O)O)cc1. The Morgan fingerprint density at radius 2 is 1.75 bits per heavy atom. The third-order valence-corrected chi connectivity index (χ3v) is 5.69. The molecule has 6 heteroatoms. The molecule has 1 aliphatic carbocycles. The molecule has 0 bridgehead atoms. The number of hydrogen-bond acceptors (Lipinski definition) is 4. The summed E-state index contributed by atoms with van der Waals surface area (Å²) in [6, 6.07) is 5.99. The molecule has 2 rings (SSSR count). The third kappa shape index (κ3) is 7.81. The fourth-order valence-electron chi connectivity index (χ4n) is 2.82. The van der Waals surface area contributed by atoms with E-state index < -0.39 is 10.1 Å². The summed E-state index contributed by atoms with van der Waals surface area (Å²) in [4.78, 5) is 11.2. The maximum atomic E-state index is 11.3. The monoisotopic (exact) mass is 372 g/mol. The Labute approximate surface area is 151 Å². The summed E-state index contributed by atoms with van der Waals surface area (Å²) in [5.74, 6) is 1.08. The number of carbonyl (C=O) groups is 1. The molecular weight excluding hydrogens is 344 g/mol. The van der Waals surface area contributed by atoms with Crippen LogP contribution in [0.4, 0.5) is 0 Å². The van der Waals surface area contributed by atoms with Crippen LogP contribution in [0.15, 0.2) is 29.2 Å². The van der Waals surface area contributed by atoms with Crippen LogP contribution in [0.25, 0.3) is 0 Å². The molecule has 0 radical (unpaired) electrons. The lowest BCUT2D eigenvalue weighted by molar-refractivity contribution is -0.118. The zero-order valence-electron chi connectivity index (χ0n) is 14.4. The Morgan fingerprint density at radius 3 is 2.21 bits per heavy atom. The molecule has 1 aromatic rings. The highest BCUT2D eigenvalue weighted by atomic mass is 32.2. The van der Waals surface area contributed by atoms with Gasteiger partial charge in [0, 0.05) is 6.42 Å². The van der Waals surface area contributed by atoms with Gasteiger partial charge in [-0.15, -0.1) is 0 Å². The van der Waals surface area contributed by atoms with E-state index in [2.05, 4.69) is 12.6 Å². The maximum Gasteiger partial charge on any atom is 0.294 e. The normalized spacial score (nSPS) is 16.8. The first-order valence-corrected chi connectivity index (χ1v) is 10.4. The molecule has 0 spiro atoms. The molecule has 1 N–H and O–H groups in total. The molecule has 1 unspecified atom stereocenters. The van der Waals surface area contributed by atoms with E-state index in [0.29, 0.717) is 12.2 Å². The molecule has 1 aromatic carbocycles. The van der Waals surface area contributed by atoms with Crippen molar-refractivity contribution in [3.63, 3.8) is 0 Å². The summed E-state index contributed by atoms with van der Waals surface area (Å²) in [5, 5.41) is 0.00750. The highest BCUT2D eigenvalue weighted by molar-refractivity contribution is 7.85. The van der Waals surface area contributed by atoms with Crippen LogP contribution in [0.1, 0.15) is 57.4 Å². The first-order chi connectivity index (χ1) is 11.2. The summed E-state index contributed by atoms with van der Waals surface area (Å²) in [6.07, 6.45) is 8.37. The minimum atomic E-state index is -4.02. The Bertz CT molecular complexity index is 602. The highest BCUT2D eigenvalue weighted by Gasteiger charge is 2.20. The van der Waals surface area contributed by atoms with Crippen LogP contribution in [0.5, 0.6) is 0 Å². The minimum absolute atomic E-state index is 0.00750. The molecule has 24 heavy (non-hydrogen) atoms. The molecule has 0 amide bonds. The van der Waals surface area contributed by atoms with Gasteiger partial charge in [-0.2, -0.15) is 21.0 Å². The molecule has 136 valence electrons. The topological polar surface area (TPSA) is 71.4 Å². The Morgan fingerprint density at radius 1 is 1.21 bits per heavy atom. The summed E-state index contributed by atoms with van der Waals surface area (Å²) in [6.45, 7) is 3.76. The quantitative estimate of drug-likeness (QED) is 0.591. The van der Waals surface area contributed by atoms with Gasteiger partial charge in [0.05, 0.1) is 10.1 Å². The number of benzene rings is 1. The van der Waals surface area contributed by atoms with Gasteiger partial charge in [0.1, 0.15) is 5.78 Å². The molecule has 1 saturated carbocycles. The second-order valence-electron chi connectivity index (χ2n) is 6.36. The van der Waals surface area contributed by atoms with Crippen molar-refractivity contribution in [2.24, 2.45) is 5.92 Å². The molecule has 0 aliphatic heterocycles. The molecule has 1 fully saturated rings. The summed E-state index contributed by atoms with van der Waals surface area (Å²) in [5.41, 5.74) is 0.956. The van der Waals surface area contributed by atoms with Gasteiger partial charge in [-0.1, -0.05) is 56.7 Å². The minimum Gasteiger partial charge on any atom is -0.298 e. The Balaban J connectivity index is 0.000000243. The van der Waals surface area contributed by atoms with Gasteiger partial charge < -0.3 is 0 Å². The van der Waals surface area contributed by atoms with Crippen LogP contribution in [0.2, 0.25) is 0 Å². The van der Waals surface area contributed by atoms with Crippen molar-refractivity contribution in [3.05, 3.63) is 29.8 Å². The molecule has 4 nitrogen and oxygen atoms in total. The maximum absolute atomic E-state index is 11.3. The number of ketones is 1. The van der Waals surface area contributed by atoms with E-state index in [0.717, 1.165) is 17.9 Å². The predicted molar refractivity (Wildman–Crippen MR) is 100 cm³/mol. The van der Waals surface area contributed by atoms with Crippen LogP contribution in [-0.4, -0.2) is 24.0 Å². The van der Waals surface area contributed by atoms with Gasteiger partial charge in [0.2, 0.25) is 0 Å². The van der Waals surface area contributed by atoms with E-state index in [9.17, 15) is 13.2 Å². The van der Waals surface area contributed by atoms with Crippen molar-refractivity contribution in [2.75, 3.05) is 0 Å². The van der Waals surface area contributed by atoms with Crippen molar-refractivity contribution in [2.45, 2.75) is 68.9 Å². The van der Waals surface area contributed by atoms with Crippen molar-refractivity contribution < 1.29 is 17.8 Å². The number of rotatable bonds is 5. The van der Waals surface area contributed by atoms with Gasteiger partial charge in [-0.25, -0.2) is 0 Å². The fraction of sp³-hybridized carbons (Fsp3) is 0.611. The summed E-state index contributed by atoms with van der Waals surface area (Å²) >= 11 is 4.37. The van der Waals surface area contributed by atoms with Gasteiger partial charge >= 0.3 is 0 Å². The van der Waals surface area contributed by atoms with E-state index in [1.165, 1.54) is 44.2 Å². The van der Waals surface area contributed by atoms with E-state index in [1.54, 1.807) is 12.1 Å². The average molecular weight is 373 g/mol. The summed E-state index contributed by atoms with van der Waals surface area (Å²) in [7, 11) is -4.02. The highest BCUT2D eigenvalue weighted by Crippen LogP contribution is 2.28. The van der Waals surface area contributed by atoms with E-state index in [1.807, 2.05) is 13.8 Å². The van der Waals surface area contributed by atoms with Gasteiger partial charge in [-0.05, 0) is 31.4 Å². The van der Waals surface area contributed by atoms with Crippen LogP contribution < -0.4 is 0 Å². The first-order valence-electron chi connectivity index (χ1n) is 8.49. The van der Waals surface area contributed by atoms with E-state index in [4.69, 9.17) is 4.55 Å². The zero-order valence-corrected chi connectivity index (χ0v) is 16.2. The van der Waals surface area contributed by atoms with Gasteiger partial charge in [-0.3, -0.25) is 9.35 Å². The third-order valence-electron chi connectivity index (χ3n) is 4.32. The number of thiol groups is 1. The lowest BCUT2D eigenvalue weighted by atomic mass is 9.85. The Kier molecular flexibility index (Phi) is 9.02. The fourth-order valence-corrected chi connectivity index (χ4v) is 3.78. The number of hydrogen-bond donors (Lipinski definition) is 2. The number of aryl methyl sites for hydroxylation is 1. The molecule has 1 aliphatic rings. The lowest BCUT2D eigenvalue weighted by Gasteiger charge is -2.23. The number of Topliss-reactive ketones (excluding diaryl/α,β-unsaturated/α-hetero) is 1. The molecule has 0 saturated heterocycles. The van der Waals surface area contributed by atoms with Crippen molar-refractivity contribution >= 4 is 28.5 Å². The van der Waals surface area contributed by atoms with Crippen LogP contribution in [0.3, 0.4) is 0 Å². The molecular formula is C18H28O4S2. The smallest absolute Gasteiger partial charge is 0.294 e. The van der Waals surface area contributed by atoms with E-state index in [-0.39, 0.29) is 10.1 Å². The van der Waals surface area contributed by atoms with E-state index >= 15 is 0 Å². The molecule has 0 heterocycles.